The molecule has 7 nitrogen and oxygen atoms in total. The molecule has 4 atom stereocenters. The van der Waals surface area contributed by atoms with Crippen molar-refractivity contribution in [3.8, 4) is 23.0 Å². The van der Waals surface area contributed by atoms with Crippen molar-refractivity contribution in [3.05, 3.63) is 112 Å². The summed E-state index contributed by atoms with van der Waals surface area (Å²) in [4.78, 5) is 0. The van der Waals surface area contributed by atoms with Crippen LogP contribution < -0.4 is 4.74 Å². The molecule has 4 N–H and O–H groups in total. The quantitative estimate of drug-likeness (QED) is 0.114. The second-order valence-electron chi connectivity index (χ2n) is 19.6. The molecule has 0 spiro atoms. The molecular weight excluding hydrogens is 797 g/mol. The third-order valence-corrected chi connectivity index (χ3v) is 13.6. The smallest absolute Gasteiger partial charge is 0.139 e. The number of hydrogen-bond donors (Lipinski definition) is 4. The van der Waals surface area contributed by atoms with Crippen LogP contribution in [0, 0.1) is 25.7 Å². The molecule has 340 valence electrons. The van der Waals surface area contributed by atoms with Gasteiger partial charge in [-0.2, -0.15) is 0 Å². The van der Waals surface area contributed by atoms with Crippen molar-refractivity contribution < 1.29 is 34.0 Å². The van der Waals surface area contributed by atoms with Gasteiger partial charge in [0, 0.05) is 22.3 Å². The molecule has 7 aromatic rings. The highest BCUT2D eigenvalue weighted by atomic mass is 16.5. The summed E-state index contributed by atoms with van der Waals surface area (Å²) in [6.07, 6.45) is 8.10. The van der Waals surface area contributed by atoms with E-state index in [0.717, 1.165) is 146 Å². The Morgan fingerprint density at radius 3 is 1.72 bits per heavy atom. The van der Waals surface area contributed by atoms with Gasteiger partial charge in [-0.15, -0.1) is 0 Å². The Morgan fingerprint density at radius 1 is 0.703 bits per heavy atom. The fourth-order valence-electron chi connectivity index (χ4n) is 10.5. The van der Waals surface area contributed by atoms with Gasteiger partial charge in [0.1, 0.15) is 51.4 Å². The largest absolute Gasteiger partial charge is 0.508 e. The van der Waals surface area contributed by atoms with Crippen LogP contribution in [0.15, 0.2) is 76.1 Å². The summed E-state index contributed by atoms with van der Waals surface area (Å²) in [6.45, 7) is 26.8. The molecule has 0 radical (unpaired) electrons. The Labute approximate surface area is 379 Å². The first kappa shape index (κ1) is 46.6. The lowest BCUT2D eigenvalue weighted by Crippen LogP contribution is -2.45. The van der Waals surface area contributed by atoms with Crippen molar-refractivity contribution in [2.24, 2.45) is 11.8 Å². The van der Waals surface area contributed by atoms with Gasteiger partial charge in [0.2, 0.25) is 0 Å². The molecule has 2 aliphatic rings. The van der Waals surface area contributed by atoms with Crippen molar-refractivity contribution >= 4 is 49.5 Å². The summed E-state index contributed by atoms with van der Waals surface area (Å²) >= 11 is 0. The molecule has 1 aliphatic carbocycles. The van der Waals surface area contributed by atoms with E-state index in [0.29, 0.717) is 29.1 Å². The highest BCUT2D eigenvalue weighted by Gasteiger charge is 2.51. The van der Waals surface area contributed by atoms with E-state index >= 15 is 0 Å². The number of phenolic OH excluding ortho intramolecular Hbond substituents is 3. The average molecular weight is 867 g/mol. The predicted octanol–water partition coefficient (Wildman–Crippen LogP) is 15.3. The van der Waals surface area contributed by atoms with Crippen LogP contribution >= 0.6 is 0 Å². The molecule has 0 saturated heterocycles. The number of phenols is 3. The fourth-order valence-corrected chi connectivity index (χ4v) is 10.5. The summed E-state index contributed by atoms with van der Waals surface area (Å²) in [7, 11) is 0. The number of aliphatic hydroxyl groups is 1. The van der Waals surface area contributed by atoms with Gasteiger partial charge in [-0.05, 0) is 160 Å². The van der Waals surface area contributed by atoms with Crippen LogP contribution in [0.2, 0.25) is 0 Å². The predicted molar refractivity (Wildman–Crippen MR) is 264 cm³/mol. The van der Waals surface area contributed by atoms with Gasteiger partial charge in [-0.1, -0.05) is 97.2 Å². The minimum Gasteiger partial charge on any atom is -0.508 e. The van der Waals surface area contributed by atoms with Crippen molar-refractivity contribution in [1.82, 2.24) is 0 Å². The first-order valence-electron chi connectivity index (χ1n) is 23.6. The second kappa shape index (κ2) is 18.6. The summed E-state index contributed by atoms with van der Waals surface area (Å²) in [5.41, 5.74) is 12.2. The molecule has 9 rings (SSSR count). The maximum atomic E-state index is 10.6. The van der Waals surface area contributed by atoms with E-state index in [4.69, 9.17) is 13.6 Å². The van der Waals surface area contributed by atoms with E-state index in [1.165, 1.54) is 5.56 Å². The van der Waals surface area contributed by atoms with Crippen molar-refractivity contribution in [1.29, 1.82) is 0 Å². The molecule has 1 fully saturated rings. The standard InChI is InChI=1S/C19H28O3.C19H22O2.C19H20O2/c1-5-6-12-9-14(20)17-15(10-12)22-18-11(2)7-8-13(16(17)18)19(3,4)21;2*1-5-6-13-9-15(20)18-16(10-13)21-19-12(4)7-8-14(11(2)3)17(18)19/h9-11,13,16,18,20-21H,5-8H2,1-4H3;7-11,20H,5-6H2,1-4H3;7-10,20H,2,5-6H2,1,3-4H3. The van der Waals surface area contributed by atoms with Gasteiger partial charge >= 0.3 is 0 Å². The number of aryl methyl sites for hydroxylation is 5. The van der Waals surface area contributed by atoms with E-state index in [9.17, 15) is 20.4 Å². The zero-order valence-electron chi connectivity index (χ0n) is 40.0. The molecule has 1 aliphatic heterocycles. The molecule has 7 heteroatoms. The van der Waals surface area contributed by atoms with Gasteiger partial charge in [0.05, 0.1) is 16.4 Å². The SMILES string of the molecule is C=C(C)c1ccc(C)c2oc3cc(CCC)cc(O)c3c12.CCCc1cc(O)c2c(c1)OC1C(C)CCC(C(C)(C)O)C21.CCCc1cc(O)c2c(c1)oc1c(C)ccc(C(C)C)c12. The minimum atomic E-state index is -0.761. The number of fused-ring (bicyclic) bond motifs is 9. The molecule has 4 unspecified atom stereocenters. The van der Waals surface area contributed by atoms with Crippen molar-refractivity contribution in [2.45, 2.75) is 151 Å². The van der Waals surface area contributed by atoms with Crippen LogP contribution in [0.3, 0.4) is 0 Å². The number of ether oxygens (including phenoxy) is 1. The fraction of sp³-hybridized carbons (Fsp3) is 0.439. The van der Waals surface area contributed by atoms with E-state index in [1.54, 1.807) is 0 Å². The summed E-state index contributed by atoms with van der Waals surface area (Å²) < 4.78 is 18.4. The van der Waals surface area contributed by atoms with Gasteiger partial charge in [-0.25, -0.2) is 0 Å². The van der Waals surface area contributed by atoms with E-state index in [2.05, 4.69) is 79.3 Å². The van der Waals surface area contributed by atoms with Crippen LogP contribution in [-0.2, 0) is 19.3 Å². The van der Waals surface area contributed by atoms with Gasteiger partial charge in [0.25, 0.3) is 0 Å². The Hall–Kier alpha value is -5.40. The zero-order chi connectivity index (χ0) is 46.4. The van der Waals surface area contributed by atoms with Crippen molar-refractivity contribution in [2.75, 3.05) is 0 Å². The van der Waals surface area contributed by atoms with Gasteiger partial charge in [-0.3, -0.25) is 0 Å². The van der Waals surface area contributed by atoms with E-state index in [1.807, 2.05) is 64.1 Å². The molecule has 1 saturated carbocycles. The van der Waals surface area contributed by atoms with Crippen LogP contribution in [0.25, 0.3) is 49.5 Å². The summed E-state index contributed by atoms with van der Waals surface area (Å²) in [6, 6.07) is 20.2. The monoisotopic (exact) mass is 867 g/mol. The molecule has 0 amide bonds. The highest BCUT2D eigenvalue weighted by molar-refractivity contribution is 6.14. The Balaban J connectivity index is 0.000000144. The zero-order valence-corrected chi connectivity index (χ0v) is 40.0. The third kappa shape index (κ3) is 8.85. The lowest BCUT2D eigenvalue weighted by atomic mass is 9.65. The lowest BCUT2D eigenvalue weighted by Gasteiger charge is -2.42. The number of hydrogen-bond acceptors (Lipinski definition) is 7. The maximum absolute atomic E-state index is 10.6. The number of aromatic hydroxyl groups is 3. The van der Waals surface area contributed by atoms with Crippen LogP contribution in [0.1, 0.15) is 151 Å². The van der Waals surface area contributed by atoms with E-state index < -0.39 is 5.60 Å². The molecule has 0 bridgehead atoms. The topological polar surface area (TPSA) is 116 Å². The molecule has 2 aromatic heterocycles. The highest BCUT2D eigenvalue weighted by Crippen LogP contribution is 2.56. The normalized spacial score (nSPS) is 18.1. The third-order valence-electron chi connectivity index (χ3n) is 13.6. The second-order valence-corrected chi connectivity index (χ2v) is 19.6. The van der Waals surface area contributed by atoms with Gasteiger partial charge < -0.3 is 34.0 Å². The lowest BCUT2D eigenvalue weighted by molar-refractivity contribution is -0.0432. The number of furan rings is 2. The summed E-state index contributed by atoms with van der Waals surface area (Å²) in [5, 5.41) is 45.9. The van der Waals surface area contributed by atoms with Crippen LogP contribution in [0.4, 0.5) is 0 Å². The van der Waals surface area contributed by atoms with Crippen LogP contribution in [0.5, 0.6) is 23.0 Å². The average Bonchev–Trinajstić information content (AvgIpc) is 3.92. The molecular formula is C57H70O7. The Bertz CT molecular complexity index is 2830. The minimum absolute atomic E-state index is 0.0722. The molecule has 64 heavy (non-hydrogen) atoms. The maximum Gasteiger partial charge on any atom is 0.139 e. The molecule has 3 heterocycles. The number of benzene rings is 5. The Morgan fingerprint density at radius 2 is 1.20 bits per heavy atom. The van der Waals surface area contributed by atoms with Gasteiger partial charge in [0.15, 0.2) is 0 Å². The summed E-state index contributed by atoms with van der Waals surface area (Å²) in [5.74, 6) is 2.86. The number of allylic oxidation sites excluding steroid dienone is 1. The first-order chi connectivity index (χ1) is 30.4. The Kier molecular flexibility index (Phi) is 13.5. The first-order valence-corrected chi connectivity index (χ1v) is 23.6. The van der Waals surface area contributed by atoms with Crippen molar-refractivity contribution in [3.63, 3.8) is 0 Å². The van der Waals surface area contributed by atoms with Crippen LogP contribution in [-0.4, -0.2) is 32.1 Å². The number of rotatable bonds is 9. The van der Waals surface area contributed by atoms with E-state index in [-0.39, 0.29) is 17.9 Å². The molecule has 5 aromatic carbocycles.